The summed E-state index contributed by atoms with van der Waals surface area (Å²) < 4.78 is 40.8. The molecule has 1 rings (SSSR count). The van der Waals surface area contributed by atoms with Gasteiger partial charge in [0.05, 0.1) is 13.0 Å². The van der Waals surface area contributed by atoms with Gasteiger partial charge in [-0.2, -0.15) is 13.2 Å². The number of hydrogen-bond donors (Lipinski definition) is 0. The van der Waals surface area contributed by atoms with Crippen molar-refractivity contribution in [3.05, 3.63) is 42.0 Å². The summed E-state index contributed by atoms with van der Waals surface area (Å²) in [5.74, 6) is 0.440. The number of alkyl halides is 3. The molecular weight excluding hydrogens is 231 g/mol. The molecule has 17 heavy (non-hydrogen) atoms. The summed E-state index contributed by atoms with van der Waals surface area (Å²) in [5.41, 5.74) is 3.62. The van der Waals surface area contributed by atoms with E-state index in [0.29, 0.717) is 12.4 Å². The van der Waals surface area contributed by atoms with Gasteiger partial charge in [-0.1, -0.05) is 12.7 Å². The summed E-state index contributed by atoms with van der Waals surface area (Å²) in [4.78, 5) is 1.74. The molecule has 0 bridgehead atoms. The average molecular weight is 245 g/mol. The lowest BCUT2D eigenvalue weighted by Crippen LogP contribution is -2.25. The third kappa shape index (κ3) is 4.83. The molecule has 0 saturated carbocycles. The zero-order valence-corrected chi connectivity index (χ0v) is 9.55. The standard InChI is InChI=1S/C12H14F3NO/c1-3-4-10-5-6-11(16(2)9-10)17-8-7-12(13,14)15/h4-6H,1,7-9H2,2H3. The second kappa shape index (κ2) is 5.64. The van der Waals surface area contributed by atoms with Gasteiger partial charge in [0.25, 0.3) is 0 Å². The van der Waals surface area contributed by atoms with Crippen molar-refractivity contribution in [2.75, 3.05) is 20.2 Å². The van der Waals surface area contributed by atoms with E-state index in [-0.39, 0.29) is 6.61 Å². The van der Waals surface area contributed by atoms with Crippen LogP contribution in [0.5, 0.6) is 0 Å². The first-order valence-corrected chi connectivity index (χ1v) is 5.10. The van der Waals surface area contributed by atoms with E-state index < -0.39 is 12.6 Å². The van der Waals surface area contributed by atoms with Crippen molar-refractivity contribution < 1.29 is 17.9 Å². The molecule has 1 aliphatic rings. The number of hydrogen-bond acceptors (Lipinski definition) is 2. The van der Waals surface area contributed by atoms with Crippen molar-refractivity contribution in [2.24, 2.45) is 0 Å². The van der Waals surface area contributed by atoms with Gasteiger partial charge in [0.2, 0.25) is 0 Å². The Bertz CT molecular complexity index is 376. The molecule has 1 aliphatic heterocycles. The predicted molar refractivity (Wildman–Crippen MR) is 59.1 cm³/mol. The van der Waals surface area contributed by atoms with Crippen LogP contribution < -0.4 is 0 Å². The van der Waals surface area contributed by atoms with Crippen molar-refractivity contribution in [3.8, 4) is 0 Å². The molecule has 0 aromatic heterocycles. The van der Waals surface area contributed by atoms with Gasteiger partial charge in [-0.05, 0) is 17.7 Å². The summed E-state index contributed by atoms with van der Waals surface area (Å²) in [6, 6.07) is 0. The Morgan fingerprint density at radius 2 is 2.24 bits per heavy atom. The van der Waals surface area contributed by atoms with Crippen molar-refractivity contribution >= 4 is 0 Å². The fourth-order valence-electron chi connectivity index (χ4n) is 1.36. The molecule has 0 fully saturated rings. The van der Waals surface area contributed by atoms with Crippen LogP contribution >= 0.6 is 0 Å². The normalized spacial score (nSPS) is 15.9. The predicted octanol–water partition coefficient (Wildman–Crippen LogP) is 3.01. The zero-order valence-electron chi connectivity index (χ0n) is 9.55. The average Bonchev–Trinajstić information content (AvgIpc) is 2.20. The Hall–Kier alpha value is -1.61. The van der Waals surface area contributed by atoms with Gasteiger partial charge in [0.1, 0.15) is 0 Å². The van der Waals surface area contributed by atoms with Crippen molar-refractivity contribution in [2.45, 2.75) is 12.6 Å². The van der Waals surface area contributed by atoms with Gasteiger partial charge >= 0.3 is 6.18 Å². The molecule has 0 saturated heterocycles. The summed E-state index contributed by atoms with van der Waals surface area (Å²) in [5, 5.41) is 0. The van der Waals surface area contributed by atoms with Crippen LogP contribution in [0.4, 0.5) is 13.2 Å². The minimum Gasteiger partial charge on any atom is -0.479 e. The molecule has 0 spiro atoms. The Labute approximate surface area is 98.4 Å². The van der Waals surface area contributed by atoms with E-state index in [1.165, 1.54) is 0 Å². The fourth-order valence-corrected chi connectivity index (χ4v) is 1.36. The topological polar surface area (TPSA) is 12.5 Å². The Kier molecular flexibility index (Phi) is 4.46. The van der Waals surface area contributed by atoms with Crippen LogP contribution in [0.2, 0.25) is 0 Å². The smallest absolute Gasteiger partial charge is 0.392 e. The second-order valence-electron chi connectivity index (χ2n) is 3.66. The summed E-state index contributed by atoms with van der Waals surface area (Å²) >= 11 is 0. The molecule has 0 atom stereocenters. The maximum Gasteiger partial charge on any atom is 0.392 e. The second-order valence-corrected chi connectivity index (χ2v) is 3.66. The largest absolute Gasteiger partial charge is 0.479 e. The van der Waals surface area contributed by atoms with Crippen LogP contribution in [0.3, 0.4) is 0 Å². The number of likely N-dealkylation sites (N-methyl/N-ethyl adjacent to an activating group) is 1. The third-order valence-electron chi connectivity index (χ3n) is 2.16. The van der Waals surface area contributed by atoms with E-state index in [1.807, 2.05) is 0 Å². The first-order chi connectivity index (χ1) is 7.92. The van der Waals surface area contributed by atoms with Crippen LogP contribution in [0, 0.1) is 0 Å². The molecule has 1 heterocycles. The lowest BCUT2D eigenvalue weighted by atomic mass is 10.2. The number of halogens is 3. The summed E-state index contributed by atoms with van der Waals surface area (Å²) in [6.07, 6.45) is 0.0192. The van der Waals surface area contributed by atoms with Gasteiger partial charge in [0, 0.05) is 13.6 Å². The van der Waals surface area contributed by atoms with Crippen LogP contribution in [0.15, 0.2) is 42.0 Å². The highest BCUT2D eigenvalue weighted by Gasteiger charge is 2.27. The van der Waals surface area contributed by atoms with Gasteiger partial charge in [-0.3, -0.25) is 0 Å². The van der Waals surface area contributed by atoms with E-state index in [2.05, 4.69) is 12.3 Å². The highest BCUT2D eigenvalue weighted by Crippen LogP contribution is 2.21. The first-order valence-electron chi connectivity index (χ1n) is 5.10. The summed E-state index contributed by atoms with van der Waals surface area (Å²) in [7, 11) is 1.75. The number of ether oxygens (including phenoxy) is 1. The lowest BCUT2D eigenvalue weighted by Gasteiger charge is -2.25. The van der Waals surface area contributed by atoms with E-state index in [9.17, 15) is 13.2 Å². The lowest BCUT2D eigenvalue weighted by molar-refractivity contribution is -0.143. The minimum absolute atomic E-state index is 0.361. The highest BCUT2D eigenvalue weighted by molar-refractivity contribution is 5.29. The SMILES string of the molecule is C=C=CC1=CC=C(OCCC(F)(F)F)N(C)C1. The molecule has 2 nitrogen and oxygen atoms in total. The molecule has 5 heteroatoms. The molecule has 0 amide bonds. The van der Waals surface area contributed by atoms with E-state index in [0.717, 1.165) is 5.57 Å². The van der Waals surface area contributed by atoms with Crippen LogP contribution in [0.1, 0.15) is 6.42 Å². The van der Waals surface area contributed by atoms with Crippen molar-refractivity contribution in [3.63, 3.8) is 0 Å². The quantitative estimate of drug-likeness (QED) is 0.706. The Morgan fingerprint density at radius 3 is 2.76 bits per heavy atom. The Balaban J connectivity index is 2.52. The summed E-state index contributed by atoms with van der Waals surface area (Å²) in [6.45, 7) is 3.67. The maximum atomic E-state index is 11.9. The molecule has 0 unspecified atom stereocenters. The van der Waals surface area contributed by atoms with Gasteiger partial charge in [0.15, 0.2) is 5.88 Å². The van der Waals surface area contributed by atoms with Crippen LogP contribution in [-0.2, 0) is 4.74 Å². The Morgan fingerprint density at radius 1 is 1.53 bits per heavy atom. The van der Waals surface area contributed by atoms with Gasteiger partial charge < -0.3 is 9.64 Å². The van der Waals surface area contributed by atoms with Gasteiger partial charge in [-0.15, -0.1) is 5.73 Å². The molecular formula is C12H14F3NO. The van der Waals surface area contributed by atoms with Crippen molar-refractivity contribution in [1.29, 1.82) is 0 Å². The van der Waals surface area contributed by atoms with E-state index >= 15 is 0 Å². The maximum absolute atomic E-state index is 11.9. The molecule has 0 aliphatic carbocycles. The molecule has 0 aromatic rings. The third-order valence-corrected chi connectivity index (χ3v) is 2.16. The molecule has 94 valence electrons. The van der Waals surface area contributed by atoms with E-state index in [1.54, 1.807) is 30.2 Å². The first kappa shape index (κ1) is 13.5. The molecule has 0 aromatic carbocycles. The molecule has 0 radical (unpaired) electrons. The number of nitrogens with zero attached hydrogens (tertiary/aromatic N) is 1. The van der Waals surface area contributed by atoms with Crippen LogP contribution in [-0.4, -0.2) is 31.3 Å². The monoisotopic (exact) mass is 245 g/mol. The van der Waals surface area contributed by atoms with Gasteiger partial charge in [-0.25, -0.2) is 0 Å². The number of allylic oxidation sites excluding steroid dienone is 2. The minimum atomic E-state index is -4.18. The molecule has 0 N–H and O–H groups in total. The van der Waals surface area contributed by atoms with E-state index in [4.69, 9.17) is 4.74 Å². The van der Waals surface area contributed by atoms with Crippen LogP contribution in [0.25, 0.3) is 0 Å². The fraction of sp³-hybridized carbons (Fsp3) is 0.417. The van der Waals surface area contributed by atoms with Crippen molar-refractivity contribution in [1.82, 2.24) is 4.90 Å². The zero-order chi connectivity index (χ0) is 12.9. The highest BCUT2D eigenvalue weighted by atomic mass is 19.4. The number of rotatable bonds is 4.